The van der Waals surface area contributed by atoms with E-state index in [1.54, 1.807) is 42.5 Å². The van der Waals surface area contributed by atoms with Crippen molar-refractivity contribution in [1.29, 1.82) is 0 Å². The van der Waals surface area contributed by atoms with Crippen molar-refractivity contribution < 1.29 is 24.2 Å². The fraction of sp³-hybridized carbons (Fsp3) is 0.0556. The monoisotopic (exact) mass is 559 g/mol. The first-order valence-electron chi connectivity index (χ1n) is 7.53. The molecular formula is C18H11BrINO5S. The first kappa shape index (κ1) is 19.9. The molecule has 1 fully saturated rings. The number of hydrogen-bond acceptors (Lipinski definition) is 5. The summed E-state index contributed by atoms with van der Waals surface area (Å²) < 4.78 is 6.49. The molecule has 0 atom stereocenters. The summed E-state index contributed by atoms with van der Waals surface area (Å²) in [6.07, 6.45) is 1.63. The highest BCUT2D eigenvalue weighted by atomic mass is 127. The standard InChI is InChI=1S/C18H11BrINO5S/c19-12-6-10(7-13(20)16(12)26-9-15(22)23)8-14-17(24)21(18(25)27-14)11-4-2-1-3-5-11/h1-8H,9H2,(H,22,23)/b14-8-. The first-order valence-corrected chi connectivity index (χ1v) is 10.2. The summed E-state index contributed by atoms with van der Waals surface area (Å²) in [5.74, 6) is -1.04. The molecule has 2 aromatic carbocycles. The molecule has 2 aromatic rings. The summed E-state index contributed by atoms with van der Waals surface area (Å²) in [5, 5.41) is 8.39. The molecule has 0 unspecified atom stereocenters. The lowest BCUT2D eigenvalue weighted by Crippen LogP contribution is -2.27. The van der Waals surface area contributed by atoms with Gasteiger partial charge < -0.3 is 9.84 Å². The third kappa shape index (κ3) is 4.53. The van der Waals surface area contributed by atoms with Crippen LogP contribution < -0.4 is 9.64 Å². The zero-order valence-corrected chi connectivity index (χ0v) is 18.1. The number of aliphatic carboxylic acids is 1. The van der Waals surface area contributed by atoms with Crippen molar-refractivity contribution in [2.24, 2.45) is 0 Å². The van der Waals surface area contributed by atoms with Gasteiger partial charge in [-0.2, -0.15) is 0 Å². The van der Waals surface area contributed by atoms with Crippen LogP contribution in [0.15, 0.2) is 51.8 Å². The molecule has 0 aliphatic carbocycles. The van der Waals surface area contributed by atoms with E-state index in [4.69, 9.17) is 9.84 Å². The minimum atomic E-state index is -1.07. The Bertz CT molecular complexity index is 940. The van der Waals surface area contributed by atoms with E-state index in [2.05, 4.69) is 15.9 Å². The molecule has 1 N–H and O–H groups in total. The van der Waals surface area contributed by atoms with Gasteiger partial charge >= 0.3 is 5.97 Å². The lowest BCUT2D eigenvalue weighted by Gasteiger charge is -2.12. The van der Waals surface area contributed by atoms with E-state index in [0.717, 1.165) is 16.7 Å². The Morgan fingerprint density at radius 1 is 1.26 bits per heavy atom. The largest absolute Gasteiger partial charge is 0.480 e. The van der Waals surface area contributed by atoms with Crippen LogP contribution in [0.2, 0.25) is 0 Å². The smallest absolute Gasteiger partial charge is 0.341 e. The van der Waals surface area contributed by atoms with Gasteiger partial charge in [-0.15, -0.1) is 0 Å². The van der Waals surface area contributed by atoms with Crippen LogP contribution in [-0.2, 0) is 9.59 Å². The van der Waals surface area contributed by atoms with Crippen LogP contribution in [0.5, 0.6) is 5.75 Å². The highest BCUT2D eigenvalue weighted by molar-refractivity contribution is 14.1. The topological polar surface area (TPSA) is 83.9 Å². The maximum Gasteiger partial charge on any atom is 0.341 e. The van der Waals surface area contributed by atoms with Gasteiger partial charge in [0, 0.05) is 0 Å². The van der Waals surface area contributed by atoms with E-state index in [-0.39, 0.29) is 11.1 Å². The summed E-state index contributed by atoms with van der Waals surface area (Å²) >= 11 is 6.25. The number of rotatable bonds is 5. The summed E-state index contributed by atoms with van der Waals surface area (Å²) in [4.78, 5) is 37.0. The fourth-order valence-corrected chi connectivity index (χ4v) is 4.96. The van der Waals surface area contributed by atoms with Gasteiger partial charge in [0.25, 0.3) is 11.1 Å². The number of hydrogen-bond donors (Lipinski definition) is 1. The van der Waals surface area contributed by atoms with E-state index in [9.17, 15) is 14.4 Å². The maximum atomic E-state index is 12.6. The third-order valence-corrected chi connectivity index (χ3v) is 5.73. The highest BCUT2D eigenvalue weighted by Gasteiger charge is 2.36. The van der Waals surface area contributed by atoms with E-state index in [0.29, 0.717) is 29.9 Å². The Hall–Kier alpha value is -1.85. The van der Waals surface area contributed by atoms with Crippen molar-refractivity contribution in [3.63, 3.8) is 0 Å². The molecule has 1 heterocycles. The van der Waals surface area contributed by atoms with Crippen LogP contribution in [-0.4, -0.2) is 28.8 Å². The maximum absolute atomic E-state index is 12.6. The molecule has 0 bridgehead atoms. The number of benzene rings is 2. The predicted octanol–water partition coefficient (Wildman–Crippen LogP) is 4.76. The van der Waals surface area contributed by atoms with Crippen LogP contribution in [0, 0.1) is 3.57 Å². The first-order chi connectivity index (χ1) is 12.9. The molecule has 1 saturated heterocycles. The van der Waals surface area contributed by atoms with Gasteiger partial charge in [-0.25, -0.2) is 9.69 Å². The minimum Gasteiger partial charge on any atom is -0.480 e. The average molecular weight is 560 g/mol. The van der Waals surface area contributed by atoms with Gasteiger partial charge in [0.1, 0.15) is 5.75 Å². The average Bonchev–Trinajstić information content (AvgIpc) is 2.88. The lowest BCUT2D eigenvalue weighted by molar-refractivity contribution is -0.139. The number of anilines is 1. The van der Waals surface area contributed by atoms with Crippen molar-refractivity contribution in [3.8, 4) is 5.75 Å². The molecule has 1 aliphatic rings. The Balaban J connectivity index is 1.88. The number of halogens is 2. The molecule has 0 aromatic heterocycles. The number of ether oxygens (including phenoxy) is 1. The van der Waals surface area contributed by atoms with Crippen molar-refractivity contribution in [2.45, 2.75) is 0 Å². The normalized spacial score (nSPS) is 15.5. The van der Waals surface area contributed by atoms with Crippen LogP contribution in [0.4, 0.5) is 10.5 Å². The second-order valence-corrected chi connectivity index (χ2v) is 8.36. The number of carbonyl (C=O) groups is 3. The Morgan fingerprint density at radius 2 is 1.96 bits per heavy atom. The van der Waals surface area contributed by atoms with E-state index < -0.39 is 12.6 Å². The zero-order chi connectivity index (χ0) is 19.6. The van der Waals surface area contributed by atoms with Crippen molar-refractivity contribution in [2.75, 3.05) is 11.5 Å². The van der Waals surface area contributed by atoms with Crippen molar-refractivity contribution >= 4 is 79.2 Å². The van der Waals surface area contributed by atoms with Gasteiger partial charge in [-0.1, -0.05) is 18.2 Å². The fourth-order valence-electron chi connectivity index (χ4n) is 2.35. The van der Waals surface area contributed by atoms with E-state index in [1.165, 1.54) is 0 Å². The summed E-state index contributed by atoms with van der Waals surface area (Å²) in [6.45, 7) is -0.454. The second kappa shape index (κ2) is 8.44. The van der Waals surface area contributed by atoms with Crippen LogP contribution in [0.3, 0.4) is 0 Å². The molecular weight excluding hydrogens is 549 g/mol. The van der Waals surface area contributed by atoms with Gasteiger partial charge in [0.05, 0.1) is 18.6 Å². The number of carboxylic acid groups (broad SMARTS) is 1. The number of amides is 2. The molecule has 1 aliphatic heterocycles. The summed E-state index contributed by atoms with van der Waals surface area (Å²) in [5.41, 5.74) is 1.21. The Kier molecular flexibility index (Phi) is 6.22. The molecule has 0 saturated carbocycles. The van der Waals surface area contributed by atoms with Gasteiger partial charge in [-0.3, -0.25) is 9.59 Å². The van der Waals surface area contributed by atoms with Crippen LogP contribution in [0.25, 0.3) is 6.08 Å². The SMILES string of the molecule is O=C(O)COc1c(Br)cc(/C=C2\SC(=O)N(c3ccccc3)C2=O)cc1I. The molecule has 9 heteroatoms. The molecule has 3 rings (SSSR count). The minimum absolute atomic E-state index is 0.311. The molecule has 2 amide bonds. The number of carboxylic acids is 1. The Morgan fingerprint density at radius 3 is 2.59 bits per heavy atom. The Labute approximate surface area is 180 Å². The van der Waals surface area contributed by atoms with Crippen LogP contribution in [0.1, 0.15) is 5.56 Å². The van der Waals surface area contributed by atoms with Gasteiger partial charge in [-0.05, 0) is 86.2 Å². The number of imide groups is 1. The summed E-state index contributed by atoms with van der Waals surface area (Å²) in [6, 6.07) is 12.2. The van der Waals surface area contributed by atoms with E-state index in [1.807, 2.05) is 28.7 Å². The summed E-state index contributed by atoms with van der Waals surface area (Å²) in [7, 11) is 0. The zero-order valence-electron chi connectivity index (χ0n) is 13.5. The number of thioether (sulfide) groups is 1. The van der Waals surface area contributed by atoms with Crippen molar-refractivity contribution in [3.05, 3.63) is 61.0 Å². The van der Waals surface area contributed by atoms with Gasteiger partial charge in [0.2, 0.25) is 0 Å². The predicted molar refractivity (Wildman–Crippen MR) is 115 cm³/mol. The van der Waals surface area contributed by atoms with Crippen LogP contribution >= 0.6 is 50.3 Å². The van der Waals surface area contributed by atoms with Gasteiger partial charge in [0.15, 0.2) is 6.61 Å². The molecule has 0 spiro atoms. The van der Waals surface area contributed by atoms with E-state index >= 15 is 0 Å². The second-order valence-electron chi connectivity index (χ2n) is 5.35. The number of carbonyl (C=O) groups excluding carboxylic acids is 2. The quantitative estimate of drug-likeness (QED) is 0.420. The molecule has 0 radical (unpaired) electrons. The number of para-hydroxylation sites is 1. The molecule has 138 valence electrons. The van der Waals surface area contributed by atoms with Crippen molar-refractivity contribution in [1.82, 2.24) is 0 Å². The lowest BCUT2D eigenvalue weighted by atomic mass is 10.2. The third-order valence-electron chi connectivity index (χ3n) is 3.47. The molecule has 6 nitrogen and oxygen atoms in total. The highest BCUT2D eigenvalue weighted by Crippen LogP contribution is 2.37. The number of nitrogens with zero attached hydrogens (tertiary/aromatic N) is 1. The molecule has 27 heavy (non-hydrogen) atoms.